The first kappa shape index (κ1) is 14.8. The molecule has 2 aliphatic rings. The van der Waals surface area contributed by atoms with Gasteiger partial charge in [-0.25, -0.2) is 0 Å². The summed E-state index contributed by atoms with van der Waals surface area (Å²) in [5, 5.41) is 1.17. The number of hydrogen-bond acceptors (Lipinski definition) is 4. The van der Waals surface area contributed by atoms with Gasteiger partial charge in [0.25, 0.3) is 0 Å². The number of piperidine rings is 1. The molecule has 0 aliphatic carbocycles. The van der Waals surface area contributed by atoms with Crippen molar-refractivity contribution in [1.29, 1.82) is 0 Å². The van der Waals surface area contributed by atoms with E-state index in [1.54, 1.807) is 0 Å². The first-order valence-corrected chi connectivity index (χ1v) is 8.97. The maximum absolute atomic E-state index is 5.01. The van der Waals surface area contributed by atoms with E-state index in [-0.39, 0.29) is 0 Å². The fourth-order valence-corrected chi connectivity index (χ4v) is 4.25. The Balaban J connectivity index is 1.79. The Morgan fingerprint density at radius 2 is 1.74 bits per heavy atom. The first-order chi connectivity index (χ1) is 11.1. The van der Waals surface area contributed by atoms with E-state index in [9.17, 15) is 0 Å². The summed E-state index contributed by atoms with van der Waals surface area (Å²) in [4.78, 5) is 18.0. The Kier molecular flexibility index (Phi) is 3.66. The number of aromatic amines is 1. The Labute approximate surface area is 138 Å². The third-order valence-electron chi connectivity index (χ3n) is 5.15. The van der Waals surface area contributed by atoms with Gasteiger partial charge in [-0.05, 0) is 44.1 Å². The largest absolute Gasteiger partial charge is 0.355 e. The minimum Gasteiger partial charge on any atom is -0.355 e. The first-order valence-electron chi connectivity index (χ1n) is 8.97. The number of fused-ring (bicyclic) bond motifs is 1. The van der Waals surface area contributed by atoms with Crippen LogP contribution in [0.2, 0.25) is 0 Å². The highest BCUT2D eigenvalue weighted by Crippen LogP contribution is 2.32. The van der Waals surface area contributed by atoms with Gasteiger partial charge in [0.2, 0.25) is 5.95 Å². The topological polar surface area (TPSA) is 48.1 Å². The summed E-state index contributed by atoms with van der Waals surface area (Å²) in [6.45, 7) is 11.2. The van der Waals surface area contributed by atoms with Gasteiger partial charge in [0.15, 0.2) is 0 Å². The third-order valence-corrected chi connectivity index (χ3v) is 5.15. The molecule has 0 radical (unpaired) electrons. The van der Waals surface area contributed by atoms with E-state index in [1.165, 1.54) is 24.6 Å². The lowest BCUT2D eigenvalue weighted by Crippen LogP contribution is -2.39. The van der Waals surface area contributed by atoms with Gasteiger partial charge >= 0.3 is 0 Å². The van der Waals surface area contributed by atoms with Crippen LogP contribution in [0.5, 0.6) is 0 Å². The number of nitrogens with one attached hydrogen (secondary N) is 1. The Morgan fingerprint density at radius 3 is 2.43 bits per heavy atom. The molecule has 2 aromatic heterocycles. The van der Waals surface area contributed by atoms with Crippen molar-refractivity contribution in [2.45, 2.75) is 40.0 Å². The average molecular weight is 313 g/mol. The van der Waals surface area contributed by atoms with E-state index < -0.39 is 0 Å². The van der Waals surface area contributed by atoms with Crippen LogP contribution in [0.3, 0.4) is 0 Å². The lowest BCUT2D eigenvalue weighted by Gasteiger charge is -2.36. The molecule has 124 valence electrons. The molecule has 2 atom stereocenters. The predicted octanol–water partition coefficient (Wildman–Crippen LogP) is 3.35. The van der Waals surface area contributed by atoms with E-state index in [4.69, 9.17) is 9.97 Å². The molecule has 5 nitrogen and oxygen atoms in total. The monoisotopic (exact) mass is 313 g/mol. The average Bonchev–Trinajstić information content (AvgIpc) is 3.12. The molecule has 23 heavy (non-hydrogen) atoms. The second-order valence-corrected chi connectivity index (χ2v) is 7.61. The van der Waals surface area contributed by atoms with Crippen molar-refractivity contribution < 1.29 is 0 Å². The fraction of sp³-hybridized carbons (Fsp3) is 0.667. The Morgan fingerprint density at radius 1 is 1.04 bits per heavy atom. The predicted molar refractivity (Wildman–Crippen MR) is 95.2 cm³/mol. The van der Waals surface area contributed by atoms with Crippen LogP contribution in [0.1, 0.15) is 38.8 Å². The van der Waals surface area contributed by atoms with Gasteiger partial charge < -0.3 is 14.8 Å². The van der Waals surface area contributed by atoms with Crippen molar-refractivity contribution in [2.75, 3.05) is 36.0 Å². The van der Waals surface area contributed by atoms with Crippen molar-refractivity contribution in [2.24, 2.45) is 11.8 Å². The normalized spacial score (nSPS) is 25.5. The van der Waals surface area contributed by atoms with Gasteiger partial charge in [-0.3, -0.25) is 0 Å². The van der Waals surface area contributed by atoms with Crippen LogP contribution in [0.25, 0.3) is 11.0 Å². The van der Waals surface area contributed by atoms with E-state index >= 15 is 0 Å². The molecular formula is C18H27N5. The summed E-state index contributed by atoms with van der Waals surface area (Å²) in [7, 11) is 0. The SMILES string of the molecule is Cc1cc2c(N3CC(C)CC(C)C3)nc(N3CCCC3)nc2[nH]1. The van der Waals surface area contributed by atoms with Gasteiger partial charge in [-0.2, -0.15) is 9.97 Å². The standard InChI is InChI=1S/C18H27N5/c1-12-8-13(2)11-23(10-12)17-15-9-14(3)19-16(15)20-18(21-17)22-6-4-5-7-22/h9,12-13H,4-8,10-11H2,1-3H3,(H,19,20,21). The van der Waals surface area contributed by atoms with Crippen LogP contribution in [-0.4, -0.2) is 41.1 Å². The van der Waals surface area contributed by atoms with Crippen LogP contribution >= 0.6 is 0 Å². The Bertz CT molecular complexity index is 691. The molecule has 0 saturated carbocycles. The second-order valence-electron chi connectivity index (χ2n) is 7.61. The molecule has 2 aliphatic heterocycles. The second kappa shape index (κ2) is 5.69. The zero-order valence-electron chi connectivity index (χ0n) is 14.5. The third kappa shape index (κ3) is 2.77. The van der Waals surface area contributed by atoms with Gasteiger partial charge in [0, 0.05) is 31.9 Å². The molecule has 2 aromatic rings. The van der Waals surface area contributed by atoms with E-state index in [0.717, 1.165) is 61.1 Å². The summed E-state index contributed by atoms with van der Waals surface area (Å²) in [5.41, 5.74) is 2.15. The molecule has 1 N–H and O–H groups in total. The fourth-order valence-electron chi connectivity index (χ4n) is 4.25. The molecule has 0 spiro atoms. The van der Waals surface area contributed by atoms with Crippen molar-refractivity contribution in [3.05, 3.63) is 11.8 Å². The zero-order chi connectivity index (χ0) is 16.0. The summed E-state index contributed by atoms with van der Waals surface area (Å²) in [5.74, 6) is 3.47. The quantitative estimate of drug-likeness (QED) is 0.923. The number of nitrogens with zero attached hydrogens (tertiary/aromatic N) is 4. The number of anilines is 2. The van der Waals surface area contributed by atoms with Crippen LogP contribution in [0.4, 0.5) is 11.8 Å². The summed E-state index contributed by atoms with van der Waals surface area (Å²) in [6.07, 6.45) is 3.81. The molecular weight excluding hydrogens is 286 g/mol. The highest BCUT2D eigenvalue weighted by atomic mass is 15.3. The molecule has 0 amide bonds. The summed E-state index contributed by atoms with van der Waals surface area (Å²) < 4.78 is 0. The van der Waals surface area contributed by atoms with Gasteiger partial charge in [0.1, 0.15) is 11.5 Å². The number of H-pyrrole nitrogens is 1. The molecule has 2 unspecified atom stereocenters. The molecule has 2 fully saturated rings. The number of aromatic nitrogens is 3. The minimum absolute atomic E-state index is 0.721. The maximum Gasteiger partial charge on any atom is 0.229 e. The zero-order valence-corrected chi connectivity index (χ0v) is 14.5. The number of aryl methyl sites for hydroxylation is 1. The molecule has 4 rings (SSSR count). The summed E-state index contributed by atoms with van der Waals surface area (Å²) in [6, 6.07) is 2.20. The highest BCUT2D eigenvalue weighted by Gasteiger charge is 2.26. The molecule has 0 bridgehead atoms. The maximum atomic E-state index is 5.01. The smallest absolute Gasteiger partial charge is 0.229 e. The van der Waals surface area contributed by atoms with E-state index in [1.807, 2.05) is 0 Å². The van der Waals surface area contributed by atoms with Crippen molar-refractivity contribution in [3.8, 4) is 0 Å². The highest BCUT2D eigenvalue weighted by molar-refractivity contribution is 5.89. The van der Waals surface area contributed by atoms with E-state index in [2.05, 4.69) is 41.6 Å². The van der Waals surface area contributed by atoms with E-state index in [0.29, 0.717) is 0 Å². The Hall–Kier alpha value is -1.78. The number of rotatable bonds is 2. The minimum atomic E-state index is 0.721. The van der Waals surface area contributed by atoms with Crippen LogP contribution in [0, 0.1) is 18.8 Å². The molecule has 4 heterocycles. The van der Waals surface area contributed by atoms with Gasteiger partial charge in [-0.1, -0.05) is 13.8 Å². The van der Waals surface area contributed by atoms with Crippen LogP contribution in [-0.2, 0) is 0 Å². The van der Waals surface area contributed by atoms with Gasteiger partial charge in [-0.15, -0.1) is 0 Å². The molecule has 5 heteroatoms. The van der Waals surface area contributed by atoms with Crippen LogP contribution in [0.15, 0.2) is 6.07 Å². The van der Waals surface area contributed by atoms with Crippen molar-refractivity contribution in [3.63, 3.8) is 0 Å². The van der Waals surface area contributed by atoms with Gasteiger partial charge in [0.05, 0.1) is 5.39 Å². The van der Waals surface area contributed by atoms with Crippen LogP contribution < -0.4 is 9.80 Å². The van der Waals surface area contributed by atoms with Crippen molar-refractivity contribution >= 4 is 22.8 Å². The molecule has 0 aromatic carbocycles. The van der Waals surface area contributed by atoms with Crippen molar-refractivity contribution in [1.82, 2.24) is 15.0 Å². The molecule has 2 saturated heterocycles. The summed E-state index contributed by atoms with van der Waals surface area (Å²) >= 11 is 0. The number of hydrogen-bond donors (Lipinski definition) is 1. The lowest BCUT2D eigenvalue weighted by molar-refractivity contribution is 0.356. The lowest BCUT2D eigenvalue weighted by atomic mass is 9.92.